The summed E-state index contributed by atoms with van der Waals surface area (Å²) in [5, 5.41) is 11.9. The highest BCUT2D eigenvalue weighted by atomic mass is 35.5. The Hall–Kier alpha value is -0.540. The third-order valence-corrected chi connectivity index (χ3v) is 2.93. The van der Waals surface area contributed by atoms with Crippen LogP contribution in [0.3, 0.4) is 0 Å². The van der Waals surface area contributed by atoms with Crippen LogP contribution in [0.5, 0.6) is 0 Å². The number of aliphatic carboxylic acids is 1. The van der Waals surface area contributed by atoms with Gasteiger partial charge >= 0.3 is 5.97 Å². The highest BCUT2D eigenvalue weighted by Crippen LogP contribution is 2.54. The fourth-order valence-electron chi connectivity index (χ4n) is 2.19. The summed E-state index contributed by atoms with van der Waals surface area (Å²) in [7, 11) is 0. The van der Waals surface area contributed by atoms with Gasteiger partial charge in [-0.3, -0.25) is 4.79 Å². The standard InChI is InChI=1S/C8H11NO2.ClH/c1-2-7-3-8(4-7,6(10)11)9-5-7;/h2,9H,1,3-5H2,(H,10,11);1H. The van der Waals surface area contributed by atoms with Gasteiger partial charge in [-0.25, -0.2) is 0 Å². The van der Waals surface area contributed by atoms with Gasteiger partial charge in [0.1, 0.15) is 5.54 Å². The van der Waals surface area contributed by atoms with Gasteiger partial charge in [-0.15, -0.1) is 19.0 Å². The molecule has 3 fully saturated rings. The van der Waals surface area contributed by atoms with Crippen LogP contribution in [-0.2, 0) is 4.79 Å². The molecule has 1 saturated carbocycles. The van der Waals surface area contributed by atoms with Crippen molar-refractivity contribution in [1.82, 2.24) is 5.32 Å². The van der Waals surface area contributed by atoms with Gasteiger partial charge in [0.05, 0.1) is 0 Å². The Morgan fingerprint density at radius 1 is 1.58 bits per heavy atom. The second-order valence-corrected chi connectivity index (χ2v) is 3.66. The van der Waals surface area contributed by atoms with E-state index in [1.807, 2.05) is 6.08 Å². The average Bonchev–Trinajstić information content (AvgIpc) is 2.39. The smallest absolute Gasteiger partial charge is 0.323 e. The van der Waals surface area contributed by atoms with Crippen LogP contribution in [0, 0.1) is 5.41 Å². The molecule has 0 aromatic carbocycles. The first kappa shape index (κ1) is 9.55. The molecule has 0 spiro atoms. The molecule has 68 valence electrons. The summed E-state index contributed by atoms with van der Waals surface area (Å²) in [5.41, 5.74) is -0.507. The van der Waals surface area contributed by atoms with Crippen molar-refractivity contribution in [2.75, 3.05) is 6.54 Å². The Morgan fingerprint density at radius 3 is 2.42 bits per heavy atom. The number of carbonyl (C=O) groups is 1. The fraction of sp³-hybridized carbons (Fsp3) is 0.625. The van der Waals surface area contributed by atoms with Gasteiger partial charge in [0.2, 0.25) is 0 Å². The van der Waals surface area contributed by atoms with E-state index >= 15 is 0 Å². The van der Waals surface area contributed by atoms with Crippen molar-refractivity contribution in [2.24, 2.45) is 5.41 Å². The molecule has 3 nitrogen and oxygen atoms in total. The third-order valence-electron chi connectivity index (χ3n) is 2.93. The van der Waals surface area contributed by atoms with Crippen LogP contribution in [0.15, 0.2) is 12.7 Å². The van der Waals surface area contributed by atoms with Crippen LogP contribution < -0.4 is 5.32 Å². The highest BCUT2D eigenvalue weighted by molar-refractivity contribution is 5.85. The molecule has 2 saturated heterocycles. The van der Waals surface area contributed by atoms with Gasteiger partial charge in [0.15, 0.2) is 0 Å². The Balaban J connectivity index is 0.000000720. The van der Waals surface area contributed by atoms with E-state index in [1.165, 1.54) is 0 Å². The maximum atomic E-state index is 10.7. The first-order valence-corrected chi connectivity index (χ1v) is 3.75. The molecule has 1 aliphatic carbocycles. The summed E-state index contributed by atoms with van der Waals surface area (Å²) in [6.07, 6.45) is 3.33. The monoisotopic (exact) mass is 189 g/mol. The first-order chi connectivity index (χ1) is 5.13. The summed E-state index contributed by atoms with van der Waals surface area (Å²) < 4.78 is 0. The quantitative estimate of drug-likeness (QED) is 0.632. The van der Waals surface area contributed by atoms with Gasteiger partial charge in [-0.1, -0.05) is 6.08 Å². The van der Waals surface area contributed by atoms with Crippen LogP contribution >= 0.6 is 12.4 Å². The second kappa shape index (κ2) is 2.47. The van der Waals surface area contributed by atoms with Crippen molar-refractivity contribution >= 4 is 18.4 Å². The number of hydrogen-bond donors (Lipinski definition) is 2. The number of rotatable bonds is 2. The highest BCUT2D eigenvalue weighted by Gasteiger charge is 2.63. The van der Waals surface area contributed by atoms with Gasteiger partial charge in [-0.05, 0) is 12.8 Å². The van der Waals surface area contributed by atoms with Crippen LogP contribution in [0.1, 0.15) is 12.8 Å². The van der Waals surface area contributed by atoms with Crippen molar-refractivity contribution in [3.63, 3.8) is 0 Å². The molecule has 3 rings (SSSR count). The molecule has 0 atom stereocenters. The zero-order chi connectivity index (χ0) is 8.11. The maximum Gasteiger partial charge on any atom is 0.323 e. The van der Waals surface area contributed by atoms with E-state index in [4.69, 9.17) is 5.11 Å². The lowest BCUT2D eigenvalue weighted by atomic mass is 9.62. The van der Waals surface area contributed by atoms with E-state index in [0.29, 0.717) is 0 Å². The third kappa shape index (κ3) is 0.898. The largest absolute Gasteiger partial charge is 0.480 e. The summed E-state index contributed by atoms with van der Waals surface area (Å²) in [4.78, 5) is 10.7. The summed E-state index contributed by atoms with van der Waals surface area (Å²) >= 11 is 0. The fourth-order valence-corrected chi connectivity index (χ4v) is 2.19. The average molecular weight is 190 g/mol. The number of nitrogens with one attached hydrogen (secondary N) is 1. The van der Waals surface area contributed by atoms with Crippen molar-refractivity contribution in [3.8, 4) is 0 Å². The number of halogens is 1. The zero-order valence-electron chi connectivity index (χ0n) is 6.67. The normalized spacial score (nSPS) is 42.7. The van der Waals surface area contributed by atoms with Crippen LogP contribution in [0.25, 0.3) is 0 Å². The molecule has 2 aliphatic heterocycles. The van der Waals surface area contributed by atoms with Gasteiger partial charge in [-0.2, -0.15) is 0 Å². The van der Waals surface area contributed by atoms with Crippen LogP contribution in [-0.4, -0.2) is 23.2 Å². The Bertz CT molecular complexity index is 233. The van der Waals surface area contributed by atoms with E-state index in [-0.39, 0.29) is 17.8 Å². The van der Waals surface area contributed by atoms with Crippen LogP contribution in [0.2, 0.25) is 0 Å². The molecule has 4 heteroatoms. The molecule has 2 N–H and O–H groups in total. The molecule has 12 heavy (non-hydrogen) atoms. The molecule has 0 radical (unpaired) electrons. The van der Waals surface area contributed by atoms with E-state index < -0.39 is 11.5 Å². The minimum atomic E-state index is -0.715. The molecule has 0 aromatic heterocycles. The Kier molecular flexibility index (Phi) is 1.97. The van der Waals surface area contributed by atoms with E-state index in [9.17, 15) is 4.79 Å². The SMILES string of the molecule is C=CC12CNC(C(=O)O)(C1)C2.Cl. The van der Waals surface area contributed by atoms with Crippen molar-refractivity contribution < 1.29 is 9.90 Å². The maximum absolute atomic E-state index is 10.7. The topological polar surface area (TPSA) is 49.3 Å². The number of fused-ring (bicyclic) bond motifs is 1. The first-order valence-electron chi connectivity index (χ1n) is 3.75. The number of hydrogen-bond acceptors (Lipinski definition) is 2. The van der Waals surface area contributed by atoms with Crippen molar-refractivity contribution in [1.29, 1.82) is 0 Å². The van der Waals surface area contributed by atoms with Gasteiger partial charge < -0.3 is 10.4 Å². The lowest BCUT2D eigenvalue weighted by Crippen LogP contribution is -2.53. The zero-order valence-corrected chi connectivity index (χ0v) is 7.49. The number of carboxylic acid groups (broad SMARTS) is 1. The lowest BCUT2D eigenvalue weighted by Gasteiger charge is -2.41. The van der Waals surface area contributed by atoms with E-state index in [0.717, 1.165) is 19.4 Å². The minimum Gasteiger partial charge on any atom is -0.480 e. The molecule has 3 aliphatic rings. The van der Waals surface area contributed by atoms with Gasteiger partial charge in [0, 0.05) is 12.0 Å². The molecule has 0 unspecified atom stereocenters. The summed E-state index contributed by atoms with van der Waals surface area (Å²) in [6, 6.07) is 0. The van der Waals surface area contributed by atoms with Crippen LogP contribution in [0.4, 0.5) is 0 Å². The van der Waals surface area contributed by atoms with Crippen molar-refractivity contribution in [3.05, 3.63) is 12.7 Å². The predicted molar refractivity (Wildman–Crippen MR) is 47.5 cm³/mol. The molecular formula is C8H12ClNO2. The van der Waals surface area contributed by atoms with Crippen molar-refractivity contribution in [2.45, 2.75) is 18.4 Å². The minimum absolute atomic E-state index is 0. The molecule has 0 aromatic rings. The van der Waals surface area contributed by atoms with E-state index in [1.54, 1.807) is 0 Å². The van der Waals surface area contributed by atoms with E-state index in [2.05, 4.69) is 11.9 Å². The Morgan fingerprint density at radius 2 is 2.17 bits per heavy atom. The second-order valence-electron chi connectivity index (χ2n) is 3.66. The predicted octanol–water partition coefficient (Wildman–Crippen LogP) is 0.801. The Labute approximate surface area is 77.3 Å². The number of carboxylic acids is 1. The summed E-state index contributed by atoms with van der Waals surface area (Å²) in [6.45, 7) is 4.49. The molecule has 0 amide bonds. The molecule has 2 bridgehead atoms. The van der Waals surface area contributed by atoms with Gasteiger partial charge in [0.25, 0.3) is 0 Å². The molecule has 2 heterocycles. The summed E-state index contributed by atoms with van der Waals surface area (Å²) in [5.74, 6) is -0.715. The lowest BCUT2D eigenvalue weighted by molar-refractivity contribution is -0.148. The molecular weight excluding hydrogens is 178 g/mol.